The summed E-state index contributed by atoms with van der Waals surface area (Å²) in [5.74, 6) is 0. The zero-order chi connectivity index (χ0) is 12.4. The molecule has 1 aromatic rings. The van der Waals surface area contributed by atoms with Crippen LogP contribution in [0.5, 0.6) is 0 Å². The fourth-order valence-electron chi connectivity index (χ4n) is 1.34. The fraction of sp³-hybridized carbons (Fsp3) is 0.545. The number of aryl methyl sites for hydroxylation is 1. The van der Waals surface area contributed by atoms with E-state index in [-0.39, 0.29) is 12.1 Å². The van der Waals surface area contributed by atoms with E-state index in [1.807, 2.05) is 0 Å². The van der Waals surface area contributed by atoms with Crippen LogP contribution < -0.4 is 5.73 Å². The molecule has 1 heterocycles. The summed E-state index contributed by atoms with van der Waals surface area (Å²) >= 11 is 0. The van der Waals surface area contributed by atoms with Crippen molar-refractivity contribution >= 4 is 0 Å². The molecule has 0 aromatic carbocycles. The van der Waals surface area contributed by atoms with E-state index in [1.165, 1.54) is 12.3 Å². The molecule has 0 saturated heterocycles. The molecule has 0 amide bonds. The lowest BCUT2D eigenvalue weighted by Crippen LogP contribution is -2.32. The highest BCUT2D eigenvalue weighted by Gasteiger charge is 2.33. The second-order valence-corrected chi connectivity index (χ2v) is 4.48. The van der Waals surface area contributed by atoms with Gasteiger partial charge in [-0.2, -0.15) is 13.2 Å². The second-order valence-electron chi connectivity index (χ2n) is 4.48. The minimum Gasteiger partial charge on any atom is -0.326 e. The monoisotopic (exact) mass is 232 g/mol. The second kappa shape index (κ2) is 4.41. The van der Waals surface area contributed by atoms with Gasteiger partial charge in [-0.25, -0.2) is 0 Å². The number of pyridine rings is 1. The Morgan fingerprint density at radius 2 is 1.94 bits per heavy atom. The summed E-state index contributed by atoms with van der Waals surface area (Å²) in [4.78, 5) is 3.77. The highest BCUT2D eigenvalue weighted by atomic mass is 19.4. The molecule has 0 fully saturated rings. The number of hydrogen-bond donors (Lipinski definition) is 1. The molecule has 0 aliphatic carbocycles. The zero-order valence-electron chi connectivity index (χ0n) is 9.30. The van der Waals surface area contributed by atoms with Crippen molar-refractivity contribution in [3.05, 3.63) is 29.6 Å². The first-order chi connectivity index (χ1) is 7.20. The summed E-state index contributed by atoms with van der Waals surface area (Å²) in [6.07, 6.45) is -2.28. The molecule has 0 unspecified atom stereocenters. The maximum atomic E-state index is 12.6. The van der Waals surface area contributed by atoms with Crippen LogP contribution in [0.25, 0.3) is 0 Å². The van der Waals surface area contributed by atoms with Crippen molar-refractivity contribution in [3.63, 3.8) is 0 Å². The maximum absolute atomic E-state index is 12.6. The summed E-state index contributed by atoms with van der Waals surface area (Å²) in [6.45, 7) is 3.56. The van der Waals surface area contributed by atoms with Gasteiger partial charge >= 0.3 is 6.18 Å². The van der Waals surface area contributed by atoms with E-state index in [0.717, 1.165) is 6.07 Å². The number of hydrogen-bond acceptors (Lipinski definition) is 2. The van der Waals surface area contributed by atoms with Crippen LogP contribution in [-0.2, 0) is 12.6 Å². The quantitative estimate of drug-likeness (QED) is 0.870. The van der Waals surface area contributed by atoms with Gasteiger partial charge in [-0.05, 0) is 38.8 Å². The molecule has 1 aromatic heterocycles. The molecule has 90 valence electrons. The van der Waals surface area contributed by atoms with Crippen LogP contribution in [0.15, 0.2) is 18.3 Å². The number of rotatable bonds is 3. The van der Waals surface area contributed by atoms with Gasteiger partial charge in [0, 0.05) is 11.7 Å². The lowest BCUT2D eigenvalue weighted by Gasteiger charge is -2.19. The molecule has 2 nitrogen and oxygen atoms in total. The maximum Gasteiger partial charge on any atom is 0.418 e. The highest BCUT2D eigenvalue weighted by molar-refractivity contribution is 5.23. The Hall–Kier alpha value is -1.10. The van der Waals surface area contributed by atoms with E-state index < -0.39 is 17.3 Å². The summed E-state index contributed by atoms with van der Waals surface area (Å²) in [5.41, 5.74) is 4.64. The Kier molecular flexibility index (Phi) is 3.57. The third-order valence-electron chi connectivity index (χ3n) is 2.20. The largest absolute Gasteiger partial charge is 0.418 e. The summed E-state index contributed by atoms with van der Waals surface area (Å²) in [7, 11) is 0. The molecule has 0 spiro atoms. The molecule has 0 atom stereocenters. The van der Waals surface area contributed by atoms with Gasteiger partial charge in [-0.3, -0.25) is 4.98 Å². The minimum absolute atomic E-state index is 0.0634. The van der Waals surface area contributed by atoms with Gasteiger partial charge in [-0.1, -0.05) is 0 Å². The fourth-order valence-corrected chi connectivity index (χ4v) is 1.34. The van der Waals surface area contributed by atoms with Crippen LogP contribution in [-0.4, -0.2) is 10.5 Å². The van der Waals surface area contributed by atoms with Crippen molar-refractivity contribution in [1.29, 1.82) is 0 Å². The van der Waals surface area contributed by atoms with Gasteiger partial charge in [0.2, 0.25) is 0 Å². The van der Waals surface area contributed by atoms with Crippen molar-refractivity contribution in [2.45, 2.75) is 38.4 Å². The molecule has 1 rings (SSSR count). The van der Waals surface area contributed by atoms with Crippen molar-refractivity contribution in [2.75, 3.05) is 0 Å². The van der Waals surface area contributed by atoms with Crippen molar-refractivity contribution in [3.8, 4) is 0 Å². The Bertz CT molecular complexity index is 353. The molecule has 5 heteroatoms. The Morgan fingerprint density at radius 3 is 2.44 bits per heavy atom. The number of nitrogens with zero attached hydrogens (tertiary/aromatic N) is 1. The van der Waals surface area contributed by atoms with Crippen LogP contribution in [0.3, 0.4) is 0 Å². The first-order valence-electron chi connectivity index (χ1n) is 5.00. The zero-order valence-corrected chi connectivity index (χ0v) is 9.30. The lowest BCUT2D eigenvalue weighted by atomic mass is 9.97. The Morgan fingerprint density at radius 1 is 1.31 bits per heavy atom. The third-order valence-corrected chi connectivity index (χ3v) is 2.20. The van der Waals surface area contributed by atoms with Crippen LogP contribution in [0.1, 0.15) is 31.5 Å². The van der Waals surface area contributed by atoms with Crippen LogP contribution >= 0.6 is 0 Å². The molecule has 0 bridgehead atoms. The van der Waals surface area contributed by atoms with E-state index in [1.54, 1.807) is 13.8 Å². The van der Waals surface area contributed by atoms with Gasteiger partial charge in [0.1, 0.15) is 0 Å². The normalized spacial score (nSPS) is 12.9. The first kappa shape index (κ1) is 13.0. The van der Waals surface area contributed by atoms with Gasteiger partial charge in [-0.15, -0.1) is 0 Å². The van der Waals surface area contributed by atoms with Gasteiger partial charge < -0.3 is 5.73 Å². The Balaban J connectivity index is 2.88. The average Bonchev–Trinajstić information content (AvgIpc) is 2.12. The minimum atomic E-state index is -4.34. The van der Waals surface area contributed by atoms with Crippen molar-refractivity contribution < 1.29 is 13.2 Å². The van der Waals surface area contributed by atoms with Crippen LogP contribution in [0.2, 0.25) is 0 Å². The van der Waals surface area contributed by atoms with E-state index in [4.69, 9.17) is 5.73 Å². The average molecular weight is 232 g/mol. The van der Waals surface area contributed by atoms with E-state index in [2.05, 4.69) is 4.98 Å². The topological polar surface area (TPSA) is 38.9 Å². The lowest BCUT2D eigenvalue weighted by molar-refractivity contribution is -0.138. The number of halogens is 3. The number of alkyl halides is 3. The molecule has 0 aliphatic rings. The van der Waals surface area contributed by atoms with E-state index >= 15 is 0 Å². The molecular weight excluding hydrogens is 217 g/mol. The van der Waals surface area contributed by atoms with Gasteiger partial charge in [0.25, 0.3) is 0 Å². The van der Waals surface area contributed by atoms with E-state index in [0.29, 0.717) is 6.42 Å². The smallest absolute Gasteiger partial charge is 0.326 e. The first-order valence-corrected chi connectivity index (χ1v) is 5.00. The van der Waals surface area contributed by atoms with Gasteiger partial charge in [0.05, 0.1) is 11.3 Å². The molecule has 2 N–H and O–H groups in total. The molecule has 0 aliphatic heterocycles. The standard InChI is InChI=1S/C11H15F3N2/c1-10(2,15)6-5-9-8(11(12,13)14)4-3-7-16-9/h3-4,7H,5-6,15H2,1-2H3. The predicted molar refractivity (Wildman–Crippen MR) is 55.8 cm³/mol. The SMILES string of the molecule is CC(C)(N)CCc1ncccc1C(F)(F)F. The third kappa shape index (κ3) is 3.81. The summed E-state index contributed by atoms with van der Waals surface area (Å²) in [5, 5.41) is 0. The number of aromatic nitrogens is 1. The van der Waals surface area contributed by atoms with Crippen molar-refractivity contribution in [1.82, 2.24) is 4.98 Å². The predicted octanol–water partition coefficient (Wildman–Crippen LogP) is 2.77. The summed E-state index contributed by atoms with van der Waals surface area (Å²) < 4.78 is 37.8. The number of nitrogens with two attached hydrogens (primary N) is 1. The molecular formula is C11H15F3N2. The molecule has 0 saturated carbocycles. The van der Waals surface area contributed by atoms with Crippen LogP contribution in [0, 0.1) is 0 Å². The molecule has 16 heavy (non-hydrogen) atoms. The highest BCUT2D eigenvalue weighted by Crippen LogP contribution is 2.31. The van der Waals surface area contributed by atoms with Crippen molar-refractivity contribution in [2.24, 2.45) is 5.73 Å². The Labute approximate surface area is 92.7 Å². The van der Waals surface area contributed by atoms with Crippen LogP contribution in [0.4, 0.5) is 13.2 Å². The summed E-state index contributed by atoms with van der Waals surface area (Å²) in [6, 6.07) is 2.34. The molecule has 0 radical (unpaired) electrons. The van der Waals surface area contributed by atoms with E-state index in [9.17, 15) is 13.2 Å². The van der Waals surface area contributed by atoms with Gasteiger partial charge in [0.15, 0.2) is 0 Å².